The molecule has 0 saturated heterocycles. The summed E-state index contributed by atoms with van der Waals surface area (Å²) in [7, 11) is -2.78. The molecule has 0 aliphatic rings. The van der Waals surface area contributed by atoms with E-state index in [4.69, 9.17) is 14.0 Å². The number of benzene rings is 1. The van der Waals surface area contributed by atoms with Crippen LogP contribution < -0.4 is 0 Å². The molecule has 8 heteroatoms. The zero-order chi connectivity index (χ0) is 31.8. The van der Waals surface area contributed by atoms with E-state index in [9.17, 15) is 14.5 Å². The quantitative estimate of drug-likeness (QED) is 0.0554. The maximum absolute atomic E-state index is 13.3. The first kappa shape index (κ1) is 40.0. The lowest BCUT2D eigenvalue weighted by Crippen LogP contribution is -2.49. The largest absolute Gasteiger partial charge is 0.559 e. The fraction of sp³-hybridized carbons (Fsp3) is 0.800. The topological polar surface area (TPSA) is 82.1 Å². The first-order valence-electron chi connectivity index (χ1n) is 17.1. The minimum absolute atomic E-state index is 0.0316. The average Bonchev–Trinajstić information content (AvgIpc) is 3.02. The lowest BCUT2D eigenvalue weighted by Gasteiger charge is -2.29. The zero-order valence-corrected chi connectivity index (χ0v) is 29.6. The lowest BCUT2D eigenvalue weighted by molar-refractivity contribution is -0.172. The molecule has 0 heterocycles. The molecule has 1 rings (SSSR count). The van der Waals surface area contributed by atoms with Gasteiger partial charge in [-0.15, -0.1) is 4.52 Å². The van der Waals surface area contributed by atoms with E-state index in [-0.39, 0.29) is 24.6 Å². The molecule has 248 valence electrons. The predicted octanol–water partition coefficient (Wildman–Crippen LogP) is 10.4. The molecule has 43 heavy (non-hydrogen) atoms. The third-order valence-corrected chi connectivity index (χ3v) is 11.0. The Morgan fingerprint density at radius 3 is 1.98 bits per heavy atom. The van der Waals surface area contributed by atoms with Crippen molar-refractivity contribution in [2.45, 2.75) is 167 Å². The Balaban J connectivity index is 2.80. The van der Waals surface area contributed by atoms with E-state index in [1.807, 2.05) is 55.9 Å². The van der Waals surface area contributed by atoms with Crippen molar-refractivity contribution in [2.24, 2.45) is 0 Å². The van der Waals surface area contributed by atoms with Gasteiger partial charge in [0, 0.05) is 5.25 Å². The Kier molecular flexibility index (Phi) is 23.5. The summed E-state index contributed by atoms with van der Waals surface area (Å²) in [6, 6.07) is 9.24. The Morgan fingerprint density at radius 1 is 0.837 bits per heavy atom. The van der Waals surface area contributed by atoms with Crippen molar-refractivity contribution in [3.05, 3.63) is 35.9 Å². The van der Waals surface area contributed by atoms with Crippen LogP contribution in [-0.2, 0) is 30.0 Å². The number of carbonyl (C=O) groups excluding carboxylic acids is 1. The lowest BCUT2D eigenvalue weighted by atomic mass is 10.1. The highest BCUT2D eigenvalue weighted by atomic mass is 32.2. The van der Waals surface area contributed by atoms with Gasteiger partial charge in [0.05, 0.1) is 6.10 Å². The highest BCUT2D eigenvalue weighted by Crippen LogP contribution is 2.44. The second-order valence-electron chi connectivity index (χ2n) is 11.8. The number of thioether (sulfide) groups is 1. The molecule has 0 fully saturated rings. The van der Waals surface area contributed by atoms with E-state index in [0.29, 0.717) is 6.42 Å². The van der Waals surface area contributed by atoms with E-state index < -0.39 is 25.4 Å². The third kappa shape index (κ3) is 16.8. The average molecular weight is 642 g/mol. The molecule has 0 radical (unpaired) electrons. The third-order valence-electron chi connectivity index (χ3n) is 7.89. The van der Waals surface area contributed by atoms with E-state index in [1.54, 1.807) is 6.92 Å². The van der Waals surface area contributed by atoms with Gasteiger partial charge in [-0.3, -0.25) is 0 Å². The highest BCUT2D eigenvalue weighted by molar-refractivity contribution is 7.99. The van der Waals surface area contributed by atoms with Gasteiger partial charge in [0.1, 0.15) is 19.3 Å². The molecule has 5 atom stereocenters. The van der Waals surface area contributed by atoms with Crippen molar-refractivity contribution in [2.75, 3.05) is 12.4 Å². The Hall–Kier alpha value is -0.980. The standard InChI is InChI=1S/C35H62O6PS/c1-6-9-11-13-14-15-16-18-23-28-43-33(26-22-17-12-10-7-2)30(4)41-31(5)35(37,42(38)40-27-8-3)34(36)39-29-32-24-20-19-21-25-32/h19-21,24-25,30-31,33,37H,6-18,22-23,26-29H2,1-5H3/q+1. The molecule has 1 aromatic rings. The van der Waals surface area contributed by atoms with Crippen LogP contribution in [0.3, 0.4) is 0 Å². The molecule has 0 aromatic heterocycles. The number of carbonyl (C=O) groups is 1. The van der Waals surface area contributed by atoms with Crippen molar-refractivity contribution in [3.63, 3.8) is 0 Å². The van der Waals surface area contributed by atoms with E-state index in [1.165, 1.54) is 83.5 Å². The number of aliphatic hydroxyl groups is 1. The first-order chi connectivity index (χ1) is 20.8. The molecule has 0 spiro atoms. The maximum atomic E-state index is 13.3. The fourth-order valence-electron chi connectivity index (χ4n) is 5.05. The van der Waals surface area contributed by atoms with Gasteiger partial charge in [-0.05, 0) is 49.0 Å². The van der Waals surface area contributed by atoms with Crippen molar-refractivity contribution in [1.29, 1.82) is 0 Å². The number of unbranched alkanes of at least 4 members (excludes halogenated alkanes) is 12. The van der Waals surface area contributed by atoms with Crippen LogP contribution in [0.5, 0.6) is 0 Å². The monoisotopic (exact) mass is 641 g/mol. The van der Waals surface area contributed by atoms with Crippen LogP contribution in [0.1, 0.15) is 143 Å². The number of hydrogen-bond acceptors (Lipinski definition) is 7. The molecule has 6 nitrogen and oxygen atoms in total. The second-order valence-corrected chi connectivity index (χ2v) is 14.6. The summed E-state index contributed by atoms with van der Waals surface area (Å²) in [5.74, 6) is 0.0844. The predicted molar refractivity (Wildman–Crippen MR) is 182 cm³/mol. The summed E-state index contributed by atoms with van der Waals surface area (Å²) < 4.78 is 30.4. The Bertz CT molecular complexity index is 841. The van der Waals surface area contributed by atoms with Gasteiger partial charge in [0.25, 0.3) is 0 Å². The van der Waals surface area contributed by atoms with Gasteiger partial charge in [0.2, 0.25) is 0 Å². The van der Waals surface area contributed by atoms with Gasteiger partial charge >= 0.3 is 19.3 Å². The number of rotatable bonds is 28. The van der Waals surface area contributed by atoms with Crippen LogP contribution >= 0.6 is 19.8 Å². The molecular formula is C35H62O6PS+. The van der Waals surface area contributed by atoms with E-state index in [2.05, 4.69) is 13.8 Å². The minimum atomic E-state index is -2.78. The van der Waals surface area contributed by atoms with E-state index >= 15 is 0 Å². The molecule has 0 amide bonds. The van der Waals surface area contributed by atoms with E-state index in [0.717, 1.165) is 24.2 Å². The molecule has 0 aliphatic heterocycles. The van der Waals surface area contributed by atoms with Crippen LogP contribution in [0.15, 0.2) is 30.3 Å². The highest BCUT2D eigenvalue weighted by Gasteiger charge is 2.64. The fourth-order valence-corrected chi connectivity index (χ4v) is 7.50. The van der Waals surface area contributed by atoms with Crippen LogP contribution in [0.25, 0.3) is 0 Å². The summed E-state index contributed by atoms with van der Waals surface area (Å²) in [6.07, 6.45) is 18.1. The molecule has 0 bridgehead atoms. The van der Waals surface area contributed by atoms with Crippen LogP contribution in [0.2, 0.25) is 0 Å². The van der Waals surface area contributed by atoms with Gasteiger partial charge < -0.3 is 14.6 Å². The maximum Gasteiger partial charge on any atom is 0.559 e. The van der Waals surface area contributed by atoms with Gasteiger partial charge in [-0.1, -0.05) is 135 Å². The van der Waals surface area contributed by atoms with Crippen LogP contribution in [0, 0.1) is 0 Å². The SMILES string of the molecule is CCCCCCCCCCCSC(CCCCCCC)C(C)OC(C)C(O)(C(=O)OCc1ccccc1)[P+](=O)OCCC. The number of ether oxygens (including phenoxy) is 2. The summed E-state index contributed by atoms with van der Waals surface area (Å²) in [5.41, 5.74) is 0.779. The smallest absolute Gasteiger partial charge is 0.455 e. The van der Waals surface area contributed by atoms with Crippen molar-refractivity contribution in [1.82, 2.24) is 0 Å². The minimum Gasteiger partial charge on any atom is -0.455 e. The number of hydrogen-bond donors (Lipinski definition) is 1. The molecule has 5 unspecified atom stereocenters. The Labute approximate surface area is 268 Å². The molecule has 0 saturated carbocycles. The molecular weight excluding hydrogens is 579 g/mol. The molecule has 0 aliphatic carbocycles. The Morgan fingerprint density at radius 2 is 1.40 bits per heavy atom. The summed E-state index contributed by atoms with van der Waals surface area (Å²) in [4.78, 5) is 13.3. The van der Waals surface area contributed by atoms with Crippen molar-refractivity contribution in [3.8, 4) is 0 Å². The number of esters is 1. The summed E-state index contributed by atoms with van der Waals surface area (Å²) in [5, 5.41) is 9.39. The first-order valence-corrected chi connectivity index (χ1v) is 19.3. The molecule has 1 aromatic carbocycles. The van der Waals surface area contributed by atoms with Crippen molar-refractivity contribution >= 4 is 25.8 Å². The normalized spacial score (nSPS) is 15.4. The molecule has 1 N–H and O–H groups in total. The second kappa shape index (κ2) is 25.2. The van der Waals surface area contributed by atoms with Gasteiger partial charge in [0.15, 0.2) is 0 Å². The van der Waals surface area contributed by atoms with Gasteiger partial charge in [-0.25, -0.2) is 4.79 Å². The van der Waals surface area contributed by atoms with Gasteiger partial charge in [-0.2, -0.15) is 11.8 Å². The van der Waals surface area contributed by atoms with Crippen LogP contribution in [-0.4, -0.2) is 46.2 Å². The summed E-state index contributed by atoms with van der Waals surface area (Å²) >= 11 is 1.93. The van der Waals surface area contributed by atoms with Crippen molar-refractivity contribution < 1.29 is 28.5 Å². The zero-order valence-electron chi connectivity index (χ0n) is 27.9. The van der Waals surface area contributed by atoms with Crippen LogP contribution in [0.4, 0.5) is 0 Å². The summed E-state index contributed by atoms with van der Waals surface area (Å²) in [6.45, 7) is 10.1.